The number of rotatable bonds is 0. The Morgan fingerprint density at radius 2 is 2.33 bits per heavy atom. The van der Waals surface area contributed by atoms with Crippen molar-refractivity contribution in [3.05, 3.63) is 0 Å². The summed E-state index contributed by atoms with van der Waals surface area (Å²) in [6.07, 6.45) is -0.498. The van der Waals surface area contributed by atoms with Crippen LogP contribution in [0.15, 0.2) is 0 Å². The van der Waals surface area contributed by atoms with Gasteiger partial charge in [-0.25, -0.2) is 9.69 Å². The van der Waals surface area contributed by atoms with Crippen molar-refractivity contribution in [2.45, 2.75) is 12.5 Å². The Hall–Kier alpha value is -1.06. The number of ether oxygens (including phenoxy) is 1. The van der Waals surface area contributed by atoms with Crippen LogP contribution in [-0.4, -0.2) is 29.0 Å². The average molecular weight is 127 g/mol. The highest BCUT2D eigenvalue weighted by Crippen LogP contribution is 2.34. The fourth-order valence-electron chi connectivity index (χ4n) is 1.11. The molecule has 3 heterocycles. The van der Waals surface area contributed by atoms with Gasteiger partial charge in [0.15, 0.2) is 0 Å². The van der Waals surface area contributed by atoms with Gasteiger partial charge in [0.25, 0.3) is 5.91 Å². The number of amides is 2. The van der Waals surface area contributed by atoms with Gasteiger partial charge in [-0.05, 0) is 6.92 Å². The van der Waals surface area contributed by atoms with Crippen LogP contribution >= 0.6 is 0 Å². The van der Waals surface area contributed by atoms with Gasteiger partial charge in [-0.2, -0.15) is 0 Å². The van der Waals surface area contributed by atoms with Gasteiger partial charge in [0.1, 0.15) is 0 Å². The summed E-state index contributed by atoms with van der Waals surface area (Å²) in [5.41, 5.74) is -0.795. The predicted molar refractivity (Wildman–Crippen MR) is 26.6 cm³/mol. The minimum absolute atomic E-state index is 0.201. The van der Waals surface area contributed by atoms with E-state index in [0.29, 0.717) is 6.54 Å². The maximum absolute atomic E-state index is 10.7. The van der Waals surface area contributed by atoms with Crippen molar-refractivity contribution in [3.8, 4) is 0 Å². The molecule has 0 aromatic heterocycles. The number of hydrogen-bond donors (Lipinski definition) is 0. The number of carbonyl (C=O) groups excluding carboxylic acids is 2. The van der Waals surface area contributed by atoms with E-state index in [2.05, 4.69) is 4.74 Å². The molecule has 4 nitrogen and oxygen atoms in total. The van der Waals surface area contributed by atoms with Crippen molar-refractivity contribution in [3.63, 3.8) is 0 Å². The molecule has 3 saturated heterocycles. The molecule has 0 aromatic carbocycles. The van der Waals surface area contributed by atoms with Crippen LogP contribution in [0.1, 0.15) is 6.92 Å². The van der Waals surface area contributed by atoms with Crippen molar-refractivity contribution < 1.29 is 14.3 Å². The summed E-state index contributed by atoms with van der Waals surface area (Å²) in [7, 11) is 0. The molecule has 0 aliphatic carbocycles. The lowest BCUT2D eigenvalue weighted by Gasteiger charge is -2.28. The molecule has 0 spiro atoms. The van der Waals surface area contributed by atoms with E-state index in [9.17, 15) is 9.59 Å². The zero-order chi connectivity index (χ0) is 6.65. The first-order chi connectivity index (χ1) is 4.13. The van der Waals surface area contributed by atoms with Crippen LogP contribution in [0.4, 0.5) is 4.79 Å². The van der Waals surface area contributed by atoms with Crippen molar-refractivity contribution in [2.24, 2.45) is 0 Å². The van der Waals surface area contributed by atoms with Gasteiger partial charge in [0.05, 0.1) is 6.54 Å². The Bertz CT molecular complexity index is 212. The van der Waals surface area contributed by atoms with Crippen LogP contribution in [0.5, 0.6) is 0 Å². The Labute approximate surface area is 51.4 Å². The second-order valence-corrected chi connectivity index (χ2v) is 2.49. The van der Waals surface area contributed by atoms with Crippen LogP contribution in [0.25, 0.3) is 0 Å². The summed E-state index contributed by atoms with van der Waals surface area (Å²) in [6.45, 7) is 2.06. The van der Waals surface area contributed by atoms with Gasteiger partial charge >= 0.3 is 6.09 Å². The maximum atomic E-state index is 10.7. The molecular weight excluding hydrogens is 122 g/mol. The van der Waals surface area contributed by atoms with E-state index in [1.54, 1.807) is 6.92 Å². The molecule has 3 aliphatic heterocycles. The standard InChI is InChI=1S/C5H5NO3/c1-5-2-6(3(5)7)4(8)9-5/h2H2,1H3. The zero-order valence-electron chi connectivity index (χ0n) is 4.88. The summed E-state index contributed by atoms with van der Waals surface area (Å²) in [4.78, 5) is 22.3. The van der Waals surface area contributed by atoms with Crippen LogP contribution in [0.2, 0.25) is 0 Å². The van der Waals surface area contributed by atoms with Crippen molar-refractivity contribution in [1.82, 2.24) is 4.90 Å². The lowest BCUT2D eigenvalue weighted by atomic mass is 9.99. The number of nitrogens with zero attached hydrogens (tertiary/aromatic N) is 1. The van der Waals surface area contributed by atoms with Crippen LogP contribution in [0, 0.1) is 0 Å². The monoisotopic (exact) mass is 127 g/mol. The largest absolute Gasteiger partial charge is 0.431 e. The molecule has 2 bridgehead atoms. The molecule has 2 amide bonds. The van der Waals surface area contributed by atoms with E-state index < -0.39 is 11.7 Å². The quantitative estimate of drug-likeness (QED) is 0.421. The first kappa shape index (κ1) is 4.78. The fourth-order valence-corrected chi connectivity index (χ4v) is 1.11. The SMILES string of the molecule is CC12CN(C(=O)O1)C2=O. The first-order valence-corrected chi connectivity index (χ1v) is 2.68. The number of fused-ring (bicyclic) bond motifs is 1. The van der Waals surface area contributed by atoms with Gasteiger partial charge in [0, 0.05) is 0 Å². The van der Waals surface area contributed by atoms with Crippen molar-refractivity contribution in [2.75, 3.05) is 6.54 Å². The van der Waals surface area contributed by atoms with E-state index in [0.717, 1.165) is 4.90 Å². The average Bonchev–Trinajstić information content (AvgIpc) is 2.17. The lowest BCUT2D eigenvalue weighted by molar-refractivity contribution is -0.147. The molecule has 3 fully saturated rings. The highest BCUT2D eigenvalue weighted by atomic mass is 16.6. The third-order valence-corrected chi connectivity index (χ3v) is 1.69. The topological polar surface area (TPSA) is 46.6 Å². The van der Waals surface area contributed by atoms with Gasteiger partial charge in [-0.15, -0.1) is 0 Å². The molecule has 0 N–H and O–H groups in total. The summed E-state index contributed by atoms with van der Waals surface area (Å²) in [5.74, 6) is -0.201. The summed E-state index contributed by atoms with van der Waals surface area (Å²) in [6, 6.07) is 0. The van der Waals surface area contributed by atoms with Crippen molar-refractivity contribution in [1.29, 1.82) is 0 Å². The maximum Gasteiger partial charge on any atom is 0.417 e. The van der Waals surface area contributed by atoms with Gasteiger partial charge in [0.2, 0.25) is 5.60 Å². The Morgan fingerprint density at radius 3 is 2.44 bits per heavy atom. The van der Waals surface area contributed by atoms with E-state index in [4.69, 9.17) is 0 Å². The summed E-state index contributed by atoms with van der Waals surface area (Å²) < 4.78 is 4.67. The molecule has 0 saturated carbocycles. The molecule has 1 unspecified atom stereocenters. The van der Waals surface area contributed by atoms with E-state index in [1.807, 2.05) is 0 Å². The first-order valence-electron chi connectivity index (χ1n) is 2.68. The van der Waals surface area contributed by atoms with Crippen LogP contribution in [0.3, 0.4) is 0 Å². The molecule has 0 radical (unpaired) electrons. The number of imide groups is 1. The third-order valence-electron chi connectivity index (χ3n) is 1.69. The normalized spacial score (nSPS) is 38.6. The second kappa shape index (κ2) is 0.964. The minimum Gasteiger partial charge on any atom is -0.431 e. The molecule has 3 rings (SSSR count). The summed E-state index contributed by atoms with van der Waals surface area (Å²) >= 11 is 0. The molecule has 3 aliphatic rings. The molecule has 0 aromatic rings. The smallest absolute Gasteiger partial charge is 0.417 e. The molecular formula is C5H5NO3. The van der Waals surface area contributed by atoms with Crippen LogP contribution in [-0.2, 0) is 9.53 Å². The zero-order valence-corrected chi connectivity index (χ0v) is 4.88. The molecule has 4 heteroatoms. The Morgan fingerprint density at radius 1 is 1.67 bits per heavy atom. The third kappa shape index (κ3) is 0.322. The van der Waals surface area contributed by atoms with Crippen LogP contribution < -0.4 is 0 Å². The van der Waals surface area contributed by atoms with E-state index >= 15 is 0 Å². The second-order valence-electron chi connectivity index (χ2n) is 2.49. The van der Waals surface area contributed by atoms with Gasteiger partial charge in [-0.3, -0.25) is 4.79 Å². The van der Waals surface area contributed by atoms with Crippen molar-refractivity contribution >= 4 is 12.0 Å². The van der Waals surface area contributed by atoms with Gasteiger partial charge < -0.3 is 4.74 Å². The molecule has 9 heavy (non-hydrogen) atoms. The number of hydrogen-bond acceptors (Lipinski definition) is 3. The predicted octanol–water partition coefficient (Wildman–Crippen LogP) is -0.262. The Balaban J connectivity index is 2.41. The fraction of sp³-hybridized carbons (Fsp3) is 0.600. The van der Waals surface area contributed by atoms with E-state index in [-0.39, 0.29) is 5.91 Å². The highest BCUT2D eigenvalue weighted by Gasteiger charge is 2.62. The minimum atomic E-state index is -0.795. The number of carbonyl (C=O) groups is 2. The lowest BCUT2D eigenvalue weighted by Crippen LogP contribution is -2.56. The Kier molecular flexibility index (Phi) is 0.512. The van der Waals surface area contributed by atoms with E-state index in [1.165, 1.54) is 0 Å². The highest BCUT2D eigenvalue weighted by molar-refractivity contribution is 6.08. The molecule has 48 valence electrons. The van der Waals surface area contributed by atoms with Gasteiger partial charge in [-0.1, -0.05) is 0 Å². The molecule has 1 atom stereocenters. The summed E-state index contributed by atoms with van der Waals surface area (Å²) in [5, 5.41) is 0. The number of β-lactam (4-membered cyclic amide) rings is 1.